The van der Waals surface area contributed by atoms with E-state index in [1.165, 1.54) is 6.92 Å². The Balaban J connectivity index is 1.06. The molecule has 0 saturated carbocycles. The predicted octanol–water partition coefficient (Wildman–Crippen LogP) is -17.3. The van der Waals surface area contributed by atoms with Crippen LogP contribution in [0.2, 0.25) is 0 Å². The smallest absolute Gasteiger partial charge is 0.335 e. The van der Waals surface area contributed by atoms with E-state index >= 15 is 0 Å². The van der Waals surface area contributed by atoms with Crippen molar-refractivity contribution >= 4 is 5.97 Å². The van der Waals surface area contributed by atoms with Crippen LogP contribution in [-0.4, -0.2) is 419 Å². The molecule has 518 valence electrons. The third-order valence-corrected chi connectivity index (χ3v) is 16.6. The van der Waals surface area contributed by atoms with Gasteiger partial charge in [-0.2, -0.15) is 0 Å². The SMILES string of the molecule is C[C@@H]1O[C@@H](O[C@@H]2[C@H](O[C@H]3[C@H](O)[C@@H](O)[C@H](O[C@@H]4[C@H](O[C@@H]5O[C@H](CO)[C@H](O)[C@H](O[C@@H]6O[C@H](C(=O)O)[C@@H](O[C@@H]7O[C@H](CO)[C@@H](O)[C@H](O)[C@@H]7O)[C@H](O)[C@H]6O)[C@H]5O)[C@@H](O)[C@@H](O[C@H]5[C@H](O)[C@@H](O)[C@H](O)O[C@@H]5CO)O[C@@H]4CO)O[C@@H]3CO)O[C@H](CO)[C@@H](O)[C@@H]2O)[C@H](O)[C@H](O)[C@H]1O. The number of hydrogen-bond donors (Lipinski definition) is 25. The Bertz CT molecular complexity index is 2200. The maximum Gasteiger partial charge on any atom is 0.335 e. The van der Waals surface area contributed by atoms with Crippen molar-refractivity contribution in [3.63, 3.8) is 0 Å². The normalized spacial score (nSPS) is 53.5. The number of carboxylic acid groups (broad SMARTS) is 1. The number of aliphatic hydroxyl groups is 24. The highest BCUT2D eigenvalue weighted by atomic mass is 16.8. The van der Waals surface area contributed by atoms with Crippen molar-refractivity contribution in [3.8, 4) is 0 Å². The zero-order valence-corrected chi connectivity index (χ0v) is 46.5. The molecule has 40 atom stereocenters. The van der Waals surface area contributed by atoms with E-state index < -0.39 is 291 Å². The summed E-state index contributed by atoms with van der Waals surface area (Å²) in [5.41, 5.74) is 0. The van der Waals surface area contributed by atoms with Gasteiger partial charge in [-0.3, -0.25) is 0 Å². The minimum Gasteiger partial charge on any atom is -0.479 e. The molecule has 0 aliphatic carbocycles. The van der Waals surface area contributed by atoms with E-state index in [2.05, 4.69) is 0 Å². The van der Waals surface area contributed by atoms with Gasteiger partial charge in [-0.15, -0.1) is 0 Å². The number of carbonyl (C=O) groups is 1. The molecule has 8 aliphatic heterocycles. The van der Waals surface area contributed by atoms with Gasteiger partial charge in [0.1, 0.15) is 183 Å². The first-order valence-corrected chi connectivity index (χ1v) is 28.0. The summed E-state index contributed by atoms with van der Waals surface area (Å²) in [6, 6.07) is 0. The summed E-state index contributed by atoms with van der Waals surface area (Å²) in [7, 11) is 0. The van der Waals surface area contributed by atoms with E-state index in [-0.39, 0.29) is 0 Å². The Morgan fingerprint density at radius 2 is 0.584 bits per heavy atom. The Kier molecular flexibility index (Phi) is 25.1. The average molecular weight is 1310 g/mol. The number of rotatable bonds is 21. The molecule has 0 aromatic rings. The van der Waals surface area contributed by atoms with Gasteiger partial charge in [0.2, 0.25) is 0 Å². The molecule has 41 nitrogen and oxygen atoms in total. The number of hydrogen-bond acceptors (Lipinski definition) is 40. The lowest BCUT2D eigenvalue weighted by Crippen LogP contribution is -2.69. The third-order valence-electron chi connectivity index (χ3n) is 16.6. The largest absolute Gasteiger partial charge is 0.479 e. The molecule has 25 N–H and O–H groups in total. The topological polar surface area (TPSA) is 661 Å². The standard InChI is InChI=1S/C48H80O41/c1-8-15(55)19(59)26(66)42(75-8)88-38-21(61)17(57)10(3-50)79-48(38)83-33-13(6-53)80-44(28(68)23(33)63)84-34-14(7-54)81-47(82-32-12(5-52)76-41(74)25(65)22(32)62)31(71)37(34)87-46-30(70)35(18(58)11(4-51)78-46)85-45-29(69)24(64)36(39(89-45)40(72)73)86-43-27(67)20(60)16(56)9(2-49)77-43/h8-39,41-71,74H,2-7H2,1H3,(H,72,73)/t8-,9+,10+,11+,12+,13+,14+,15-,16+,17+,18-,19+,20-,21-,22+,23+,24+,25+,26+,27-,28+,29+,30+,31+,32+,33+,34-,35-,36-,37+,38-,39-,41+,42-,43-,44-,45+,46-,47+,48-/m0/s1. The number of carboxylic acids is 1. The van der Waals surface area contributed by atoms with Crippen LogP contribution in [0.15, 0.2) is 0 Å². The highest BCUT2D eigenvalue weighted by molar-refractivity contribution is 5.73. The third kappa shape index (κ3) is 14.8. The summed E-state index contributed by atoms with van der Waals surface area (Å²) in [6.07, 6.45) is -84.0. The van der Waals surface area contributed by atoms with Gasteiger partial charge in [0, 0.05) is 0 Å². The molecule has 8 heterocycles. The molecule has 8 fully saturated rings. The van der Waals surface area contributed by atoms with Crippen molar-refractivity contribution in [1.29, 1.82) is 0 Å². The summed E-state index contributed by atoms with van der Waals surface area (Å²) >= 11 is 0. The van der Waals surface area contributed by atoms with Gasteiger partial charge >= 0.3 is 5.97 Å². The number of ether oxygens (including phenoxy) is 15. The van der Waals surface area contributed by atoms with Gasteiger partial charge in [-0.1, -0.05) is 0 Å². The lowest BCUT2D eigenvalue weighted by molar-refractivity contribution is -0.411. The van der Waals surface area contributed by atoms with Crippen LogP contribution in [0.25, 0.3) is 0 Å². The minimum atomic E-state index is -2.51. The molecule has 0 amide bonds. The summed E-state index contributed by atoms with van der Waals surface area (Å²) < 4.78 is 84.8. The lowest BCUT2D eigenvalue weighted by atomic mass is 9.94. The van der Waals surface area contributed by atoms with Crippen LogP contribution in [0.4, 0.5) is 0 Å². The molecule has 0 aromatic heterocycles. The summed E-state index contributed by atoms with van der Waals surface area (Å²) in [5.74, 6) is -1.97. The fourth-order valence-corrected chi connectivity index (χ4v) is 11.4. The van der Waals surface area contributed by atoms with Crippen LogP contribution >= 0.6 is 0 Å². The molecule has 89 heavy (non-hydrogen) atoms. The minimum absolute atomic E-state index is 0.966. The van der Waals surface area contributed by atoms with Gasteiger partial charge in [0.05, 0.1) is 45.7 Å². The van der Waals surface area contributed by atoms with Gasteiger partial charge < -0.3 is 199 Å². The first-order chi connectivity index (χ1) is 42.1. The second-order valence-electron chi connectivity index (χ2n) is 22.4. The van der Waals surface area contributed by atoms with Crippen LogP contribution in [0, 0.1) is 0 Å². The molecule has 0 radical (unpaired) electrons. The fraction of sp³-hybridized carbons (Fsp3) is 0.979. The molecular formula is C48H80O41. The number of aliphatic carboxylic acids is 1. The zero-order valence-electron chi connectivity index (χ0n) is 46.5. The molecular weight excluding hydrogens is 1230 g/mol. The highest BCUT2D eigenvalue weighted by Crippen LogP contribution is 2.40. The van der Waals surface area contributed by atoms with E-state index in [4.69, 9.17) is 71.1 Å². The molecule has 8 rings (SSSR count). The Labute approximate surface area is 501 Å². The van der Waals surface area contributed by atoms with Gasteiger partial charge in [0.15, 0.2) is 56.4 Å². The monoisotopic (exact) mass is 1310 g/mol. The van der Waals surface area contributed by atoms with Crippen LogP contribution in [0.3, 0.4) is 0 Å². The molecule has 41 heteroatoms. The Hall–Kier alpha value is -2.09. The number of aliphatic hydroxyl groups excluding tert-OH is 24. The van der Waals surface area contributed by atoms with E-state index in [1.54, 1.807) is 0 Å². The maximum atomic E-state index is 12.6. The van der Waals surface area contributed by atoms with Crippen molar-refractivity contribution in [1.82, 2.24) is 0 Å². The molecule has 8 saturated heterocycles. The second-order valence-corrected chi connectivity index (χ2v) is 22.4. The van der Waals surface area contributed by atoms with Crippen LogP contribution in [-0.2, 0) is 75.8 Å². The molecule has 0 aromatic carbocycles. The van der Waals surface area contributed by atoms with Gasteiger partial charge in [0.25, 0.3) is 0 Å². The summed E-state index contributed by atoms with van der Waals surface area (Å²) in [6.45, 7) is -5.36. The Morgan fingerprint density at radius 3 is 1.11 bits per heavy atom. The molecule has 0 unspecified atom stereocenters. The van der Waals surface area contributed by atoms with Crippen LogP contribution in [0.5, 0.6) is 0 Å². The zero-order chi connectivity index (χ0) is 65.5. The van der Waals surface area contributed by atoms with E-state index in [1.807, 2.05) is 0 Å². The van der Waals surface area contributed by atoms with Crippen molar-refractivity contribution in [2.45, 2.75) is 253 Å². The highest BCUT2D eigenvalue weighted by Gasteiger charge is 2.60. The molecule has 8 aliphatic rings. The maximum absolute atomic E-state index is 12.6. The lowest BCUT2D eigenvalue weighted by Gasteiger charge is -2.51. The van der Waals surface area contributed by atoms with Crippen molar-refractivity contribution < 1.29 is 204 Å². The van der Waals surface area contributed by atoms with Crippen LogP contribution in [0.1, 0.15) is 6.92 Å². The molecule has 0 spiro atoms. The van der Waals surface area contributed by atoms with Crippen molar-refractivity contribution in [2.75, 3.05) is 39.6 Å². The fourth-order valence-electron chi connectivity index (χ4n) is 11.4. The molecule has 0 bridgehead atoms. The predicted molar refractivity (Wildman–Crippen MR) is 264 cm³/mol. The van der Waals surface area contributed by atoms with Gasteiger partial charge in [-0.25, -0.2) is 4.79 Å². The summed E-state index contributed by atoms with van der Waals surface area (Å²) in [4.78, 5) is 12.6. The van der Waals surface area contributed by atoms with E-state index in [0.29, 0.717) is 0 Å². The quantitative estimate of drug-likeness (QED) is 0.0507. The van der Waals surface area contributed by atoms with Crippen molar-refractivity contribution in [3.05, 3.63) is 0 Å². The first kappa shape index (κ1) is 72.7. The average Bonchev–Trinajstić information content (AvgIpc) is 1.19. The van der Waals surface area contributed by atoms with E-state index in [9.17, 15) is 132 Å². The van der Waals surface area contributed by atoms with Gasteiger partial charge in [-0.05, 0) is 6.92 Å². The van der Waals surface area contributed by atoms with E-state index in [0.717, 1.165) is 0 Å². The summed E-state index contributed by atoms with van der Waals surface area (Å²) in [5, 5.41) is 269. The van der Waals surface area contributed by atoms with Crippen molar-refractivity contribution in [2.24, 2.45) is 0 Å². The second kappa shape index (κ2) is 30.8. The Morgan fingerprint density at radius 1 is 0.270 bits per heavy atom. The first-order valence-electron chi connectivity index (χ1n) is 28.0. The van der Waals surface area contributed by atoms with Crippen LogP contribution < -0.4 is 0 Å².